The Balaban J connectivity index is 1.73. The highest BCUT2D eigenvalue weighted by Crippen LogP contribution is 2.22. The van der Waals surface area contributed by atoms with Gasteiger partial charge in [0, 0.05) is 25.2 Å². The van der Waals surface area contributed by atoms with Crippen molar-refractivity contribution in [1.29, 1.82) is 0 Å². The number of hydrogen-bond donors (Lipinski definition) is 0. The number of nitrogens with zero attached hydrogens (tertiary/aromatic N) is 6. The van der Waals surface area contributed by atoms with Crippen LogP contribution in [0.5, 0.6) is 0 Å². The fourth-order valence-electron chi connectivity index (χ4n) is 2.24. The van der Waals surface area contributed by atoms with Crippen molar-refractivity contribution in [2.75, 3.05) is 0 Å². The highest BCUT2D eigenvalue weighted by atomic mass is 32.2. The van der Waals surface area contributed by atoms with E-state index in [-0.39, 0.29) is 0 Å². The predicted octanol–water partition coefficient (Wildman–Crippen LogP) is 3.55. The van der Waals surface area contributed by atoms with Gasteiger partial charge < -0.3 is 4.57 Å². The standard InChI is InChI=1S/C17H20N6S/c1-12(2)14-9-23-16(19-14)6-5-13(21-23)11-24-17-10-22(4)15(20-17)7-8-18-3/h5-10,12H,3,11H2,1-2,4H3/b8-7-. The molecule has 0 atom stereocenters. The largest absolute Gasteiger partial charge is 0.333 e. The highest BCUT2D eigenvalue weighted by Gasteiger charge is 2.08. The molecular weight excluding hydrogens is 320 g/mol. The van der Waals surface area contributed by atoms with Gasteiger partial charge in [-0.05, 0) is 30.8 Å². The van der Waals surface area contributed by atoms with Gasteiger partial charge in [0.15, 0.2) is 5.65 Å². The molecule has 0 N–H and O–H groups in total. The van der Waals surface area contributed by atoms with Gasteiger partial charge in [0.1, 0.15) is 10.9 Å². The zero-order valence-corrected chi connectivity index (χ0v) is 14.9. The Morgan fingerprint density at radius 1 is 1.29 bits per heavy atom. The third kappa shape index (κ3) is 3.56. The molecule has 3 aromatic rings. The third-order valence-electron chi connectivity index (χ3n) is 3.57. The summed E-state index contributed by atoms with van der Waals surface area (Å²) in [6, 6.07) is 4.03. The maximum absolute atomic E-state index is 4.63. The average molecular weight is 340 g/mol. The molecule has 0 aliphatic rings. The summed E-state index contributed by atoms with van der Waals surface area (Å²) in [5, 5.41) is 5.59. The van der Waals surface area contributed by atoms with Crippen molar-refractivity contribution in [2.24, 2.45) is 12.0 Å². The van der Waals surface area contributed by atoms with Crippen LogP contribution in [0.3, 0.4) is 0 Å². The lowest BCUT2D eigenvalue weighted by molar-refractivity contribution is 0.827. The van der Waals surface area contributed by atoms with Gasteiger partial charge in [-0.15, -0.1) is 0 Å². The Morgan fingerprint density at radius 3 is 2.88 bits per heavy atom. The summed E-state index contributed by atoms with van der Waals surface area (Å²) in [7, 11) is 1.96. The van der Waals surface area contributed by atoms with E-state index in [0.29, 0.717) is 5.92 Å². The summed E-state index contributed by atoms with van der Waals surface area (Å²) in [5.74, 6) is 2.00. The summed E-state index contributed by atoms with van der Waals surface area (Å²) < 4.78 is 3.82. The molecule has 24 heavy (non-hydrogen) atoms. The second kappa shape index (κ2) is 7.00. The summed E-state index contributed by atoms with van der Waals surface area (Å²) in [4.78, 5) is 12.8. The molecule has 3 aromatic heterocycles. The molecule has 0 bridgehead atoms. The van der Waals surface area contributed by atoms with Gasteiger partial charge in [-0.1, -0.05) is 25.6 Å². The Kier molecular flexibility index (Phi) is 4.80. The van der Waals surface area contributed by atoms with E-state index < -0.39 is 0 Å². The van der Waals surface area contributed by atoms with Crippen molar-refractivity contribution in [2.45, 2.75) is 30.5 Å². The van der Waals surface area contributed by atoms with Crippen LogP contribution in [0.25, 0.3) is 11.7 Å². The summed E-state index contributed by atoms with van der Waals surface area (Å²) >= 11 is 1.66. The number of aromatic nitrogens is 5. The maximum Gasteiger partial charge on any atom is 0.153 e. The van der Waals surface area contributed by atoms with Gasteiger partial charge in [-0.3, -0.25) is 4.99 Å². The summed E-state index contributed by atoms with van der Waals surface area (Å²) in [6.45, 7) is 7.70. The fourth-order valence-corrected chi connectivity index (χ4v) is 3.08. The topological polar surface area (TPSA) is 60.4 Å². The molecule has 0 aliphatic carbocycles. The lowest BCUT2D eigenvalue weighted by Gasteiger charge is -1.99. The minimum atomic E-state index is 0.398. The van der Waals surface area contributed by atoms with Crippen LogP contribution < -0.4 is 0 Å². The number of thioether (sulfide) groups is 1. The minimum absolute atomic E-state index is 0.398. The van der Waals surface area contributed by atoms with Crippen molar-refractivity contribution in [3.8, 4) is 0 Å². The van der Waals surface area contributed by atoms with Gasteiger partial charge in [-0.2, -0.15) is 5.10 Å². The van der Waals surface area contributed by atoms with E-state index in [1.165, 1.54) is 0 Å². The van der Waals surface area contributed by atoms with Gasteiger partial charge in [0.2, 0.25) is 0 Å². The molecule has 0 amide bonds. The summed E-state index contributed by atoms with van der Waals surface area (Å²) in [6.07, 6.45) is 7.47. The molecular formula is C17H20N6S. The van der Waals surface area contributed by atoms with Crippen molar-refractivity contribution in [3.63, 3.8) is 0 Å². The average Bonchev–Trinajstić information content (AvgIpc) is 3.14. The number of aliphatic imine (C=N–C) groups is 1. The summed E-state index contributed by atoms with van der Waals surface area (Å²) in [5.41, 5.74) is 2.94. The first-order valence-corrected chi connectivity index (χ1v) is 8.69. The quantitative estimate of drug-likeness (QED) is 0.508. The van der Waals surface area contributed by atoms with E-state index in [0.717, 1.165) is 33.6 Å². The molecule has 0 saturated heterocycles. The van der Waals surface area contributed by atoms with Crippen LogP contribution in [0.15, 0.2) is 40.7 Å². The molecule has 0 unspecified atom stereocenters. The van der Waals surface area contributed by atoms with Crippen LogP contribution in [-0.4, -0.2) is 30.9 Å². The number of aryl methyl sites for hydroxylation is 1. The second-order valence-corrected chi connectivity index (χ2v) is 6.78. The first-order valence-electron chi connectivity index (χ1n) is 7.70. The van der Waals surface area contributed by atoms with E-state index >= 15 is 0 Å². The van der Waals surface area contributed by atoms with Crippen LogP contribution in [0, 0.1) is 0 Å². The molecule has 3 heterocycles. The van der Waals surface area contributed by atoms with Crippen molar-refractivity contribution in [1.82, 2.24) is 24.1 Å². The minimum Gasteiger partial charge on any atom is -0.333 e. The first-order chi connectivity index (χ1) is 11.6. The zero-order chi connectivity index (χ0) is 17.1. The predicted molar refractivity (Wildman–Crippen MR) is 98.4 cm³/mol. The van der Waals surface area contributed by atoms with E-state index in [1.54, 1.807) is 18.0 Å². The molecule has 0 aliphatic heterocycles. The Morgan fingerprint density at radius 2 is 2.12 bits per heavy atom. The van der Waals surface area contributed by atoms with Gasteiger partial charge in [0.05, 0.1) is 17.6 Å². The number of imidazole rings is 2. The highest BCUT2D eigenvalue weighted by molar-refractivity contribution is 7.98. The Hall–Kier alpha value is -2.41. The molecule has 3 rings (SSSR count). The second-order valence-electron chi connectivity index (χ2n) is 5.78. The number of rotatable bonds is 6. The molecule has 0 radical (unpaired) electrons. The van der Waals surface area contributed by atoms with Crippen LogP contribution in [0.1, 0.15) is 37.0 Å². The normalized spacial score (nSPS) is 11.8. The molecule has 6 nitrogen and oxygen atoms in total. The molecule has 7 heteroatoms. The van der Waals surface area contributed by atoms with Crippen LogP contribution in [0.2, 0.25) is 0 Å². The van der Waals surface area contributed by atoms with Gasteiger partial charge in [0.25, 0.3) is 0 Å². The fraction of sp³-hybridized carbons (Fsp3) is 0.294. The van der Waals surface area contributed by atoms with E-state index in [4.69, 9.17) is 0 Å². The molecule has 0 fully saturated rings. The zero-order valence-electron chi connectivity index (χ0n) is 14.0. The first kappa shape index (κ1) is 16.4. The SMILES string of the molecule is C=N/C=C\c1nc(SCc2ccc3nc(C(C)C)cn3n2)cn1C. The van der Waals surface area contributed by atoms with Gasteiger partial charge >= 0.3 is 0 Å². The van der Waals surface area contributed by atoms with Crippen molar-refractivity contribution in [3.05, 3.63) is 47.9 Å². The monoisotopic (exact) mass is 340 g/mol. The van der Waals surface area contributed by atoms with E-state index in [1.807, 2.05) is 46.7 Å². The number of fused-ring (bicyclic) bond motifs is 1. The molecule has 0 saturated carbocycles. The third-order valence-corrected chi connectivity index (χ3v) is 4.51. The van der Waals surface area contributed by atoms with Crippen LogP contribution >= 0.6 is 11.8 Å². The molecule has 124 valence electrons. The molecule has 0 aromatic carbocycles. The van der Waals surface area contributed by atoms with E-state index in [9.17, 15) is 0 Å². The lowest BCUT2D eigenvalue weighted by Crippen LogP contribution is -1.95. The van der Waals surface area contributed by atoms with E-state index in [2.05, 4.69) is 40.6 Å². The molecule has 0 spiro atoms. The van der Waals surface area contributed by atoms with Crippen LogP contribution in [0.4, 0.5) is 0 Å². The number of hydrogen-bond acceptors (Lipinski definition) is 5. The van der Waals surface area contributed by atoms with Crippen molar-refractivity contribution >= 4 is 30.2 Å². The lowest BCUT2D eigenvalue weighted by atomic mass is 10.2. The Bertz CT molecular complexity index is 890. The van der Waals surface area contributed by atoms with Crippen molar-refractivity contribution < 1.29 is 0 Å². The van der Waals surface area contributed by atoms with Gasteiger partial charge in [-0.25, -0.2) is 14.5 Å². The Labute approximate surface area is 145 Å². The van der Waals surface area contributed by atoms with Crippen LogP contribution in [-0.2, 0) is 12.8 Å². The maximum atomic E-state index is 4.63. The smallest absolute Gasteiger partial charge is 0.153 e.